The summed E-state index contributed by atoms with van der Waals surface area (Å²) in [6.45, 7) is 7.76. The fourth-order valence-corrected chi connectivity index (χ4v) is 5.01. The topological polar surface area (TPSA) is 44.8 Å². The predicted octanol–water partition coefficient (Wildman–Crippen LogP) is 5.43. The van der Waals surface area contributed by atoms with Crippen LogP contribution in [0.25, 0.3) is 11.1 Å². The van der Waals surface area contributed by atoms with Gasteiger partial charge in [0.05, 0.1) is 25.9 Å². The van der Waals surface area contributed by atoms with Gasteiger partial charge in [0.25, 0.3) is 0 Å². The molecule has 1 fully saturated rings. The molecule has 1 spiro atoms. The molecule has 0 radical (unpaired) electrons. The second kappa shape index (κ2) is 8.03. The van der Waals surface area contributed by atoms with Crippen molar-refractivity contribution in [1.82, 2.24) is 0 Å². The molecule has 0 aromatic heterocycles. The van der Waals surface area contributed by atoms with Crippen molar-refractivity contribution in [3.05, 3.63) is 52.6 Å². The average molecular weight is 427 g/mol. The molecule has 0 bridgehead atoms. The fraction of sp³-hybridized carbons (Fsp3) is 0.480. The largest absolute Gasteiger partial charge is 0.465 e. The summed E-state index contributed by atoms with van der Waals surface area (Å²) in [7, 11) is 1.45. The maximum Gasteiger partial charge on any atom is 0.339 e. The summed E-state index contributed by atoms with van der Waals surface area (Å²) < 4.78 is 17.8. The Bertz CT molecular complexity index is 952. The molecule has 1 saturated heterocycles. The zero-order valence-electron chi connectivity index (χ0n) is 18.5. The molecule has 2 aliphatic rings. The quantitative estimate of drug-likeness (QED) is 0.484. The van der Waals surface area contributed by atoms with E-state index in [4.69, 9.17) is 14.2 Å². The molecule has 1 aliphatic carbocycles. The lowest BCUT2D eigenvalue weighted by atomic mass is 9.79. The SMILES string of the molecule is COC(=O)c1c(SC)cc(-c2ccc(C)cc2)c2c1CCC1(C2)OCC(C)(C)CO1. The van der Waals surface area contributed by atoms with Crippen molar-refractivity contribution in [2.24, 2.45) is 5.41 Å². The molecule has 30 heavy (non-hydrogen) atoms. The van der Waals surface area contributed by atoms with E-state index in [1.807, 2.05) is 6.26 Å². The first-order valence-electron chi connectivity index (χ1n) is 10.4. The number of methoxy groups -OCH3 is 1. The maximum absolute atomic E-state index is 12.7. The van der Waals surface area contributed by atoms with E-state index in [9.17, 15) is 4.79 Å². The Balaban J connectivity index is 1.86. The Morgan fingerprint density at radius 2 is 1.77 bits per heavy atom. The predicted molar refractivity (Wildman–Crippen MR) is 120 cm³/mol. The van der Waals surface area contributed by atoms with Gasteiger partial charge in [-0.15, -0.1) is 11.8 Å². The van der Waals surface area contributed by atoms with Crippen LogP contribution in [0.4, 0.5) is 0 Å². The van der Waals surface area contributed by atoms with Crippen LogP contribution in [0, 0.1) is 12.3 Å². The zero-order chi connectivity index (χ0) is 21.5. The van der Waals surface area contributed by atoms with E-state index < -0.39 is 5.79 Å². The second-order valence-corrected chi connectivity index (χ2v) is 9.99. The molecule has 2 aromatic rings. The minimum Gasteiger partial charge on any atom is -0.465 e. The molecule has 0 amide bonds. The summed E-state index contributed by atoms with van der Waals surface area (Å²) in [5.74, 6) is -0.885. The van der Waals surface area contributed by atoms with E-state index >= 15 is 0 Å². The monoisotopic (exact) mass is 426 g/mol. The van der Waals surface area contributed by atoms with Crippen LogP contribution in [0.1, 0.15) is 47.3 Å². The first-order valence-corrected chi connectivity index (χ1v) is 11.7. The van der Waals surface area contributed by atoms with E-state index in [1.165, 1.54) is 12.7 Å². The molecule has 5 heteroatoms. The number of benzene rings is 2. The van der Waals surface area contributed by atoms with Crippen molar-refractivity contribution >= 4 is 17.7 Å². The first kappa shape index (κ1) is 21.4. The van der Waals surface area contributed by atoms with Crippen molar-refractivity contribution in [1.29, 1.82) is 0 Å². The van der Waals surface area contributed by atoms with Gasteiger partial charge >= 0.3 is 5.97 Å². The van der Waals surface area contributed by atoms with Gasteiger partial charge in [0, 0.05) is 23.2 Å². The Kier molecular flexibility index (Phi) is 5.73. The van der Waals surface area contributed by atoms with E-state index in [0.717, 1.165) is 40.0 Å². The average Bonchev–Trinajstić information content (AvgIpc) is 2.75. The third kappa shape index (κ3) is 3.91. The van der Waals surface area contributed by atoms with Crippen LogP contribution in [0.3, 0.4) is 0 Å². The molecule has 160 valence electrons. The molecule has 1 heterocycles. The highest BCUT2D eigenvalue weighted by atomic mass is 32.2. The lowest BCUT2D eigenvalue weighted by Gasteiger charge is -2.46. The second-order valence-electron chi connectivity index (χ2n) is 9.15. The van der Waals surface area contributed by atoms with Crippen molar-refractivity contribution in [3.8, 4) is 11.1 Å². The number of aryl methyl sites for hydroxylation is 1. The Morgan fingerprint density at radius 3 is 2.37 bits per heavy atom. The number of carbonyl (C=O) groups is 1. The van der Waals surface area contributed by atoms with Crippen LogP contribution in [0.2, 0.25) is 0 Å². The smallest absolute Gasteiger partial charge is 0.339 e. The number of hydrogen-bond acceptors (Lipinski definition) is 5. The third-order valence-corrected chi connectivity index (χ3v) is 6.90. The van der Waals surface area contributed by atoms with Crippen LogP contribution in [-0.2, 0) is 27.1 Å². The standard InChI is InChI=1S/C25H30O4S/c1-16-6-8-17(9-7-16)19-12-21(30-5)22(23(26)27-4)18-10-11-25(13-20(18)19)28-14-24(2,3)15-29-25/h6-9,12H,10-11,13-15H2,1-5H3. The van der Waals surface area contributed by atoms with Crippen molar-refractivity contribution in [2.45, 2.75) is 50.7 Å². The Morgan fingerprint density at radius 1 is 1.10 bits per heavy atom. The van der Waals surface area contributed by atoms with Gasteiger partial charge in [-0.25, -0.2) is 4.79 Å². The van der Waals surface area contributed by atoms with Gasteiger partial charge in [0.2, 0.25) is 0 Å². The summed E-state index contributed by atoms with van der Waals surface area (Å²) in [4.78, 5) is 13.7. The summed E-state index contributed by atoms with van der Waals surface area (Å²) in [6, 6.07) is 10.7. The molecular formula is C25H30O4S. The summed E-state index contributed by atoms with van der Waals surface area (Å²) in [5.41, 5.74) is 6.46. The molecule has 0 N–H and O–H groups in total. The van der Waals surface area contributed by atoms with E-state index in [2.05, 4.69) is 51.1 Å². The number of ether oxygens (including phenoxy) is 3. The molecule has 0 saturated carbocycles. The molecule has 0 unspecified atom stereocenters. The van der Waals surface area contributed by atoms with Crippen molar-refractivity contribution in [2.75, 3.05) is 26.6 Å². The molecular weight excluding hydrogens is 396 g/mol. The maximum atomic E-state index is 12.7. The van der Waals surface area contributed by atoms with Gasteiger partial charge in [-0.2, -0.15) is 0 Å². The number of fused-ring (bicyclic) bond motifs is 1. The highest BCUT2D eigenvalue weighted by Gasteiger charge is 2.44. The molecule has 1 aliphatic heterocycles. The number of hydrogen-bond donors (Lipinski definition) is 0. The van der Waals surface area contributed by atoms with Gasteiger partial charge in [-0.05, 0) is 47.9 Å². The van der Waals surface area contributed by atoms with Crippen molar-refractivity contribution in [3.63, 3.8) is 0 Å². The van der Waals surface area contributed by atoms with Gasteiger partial charge < -0.3 is 14.2 Å². The summed E-state index contributed by atoms with van der Waals surface area (Å²) in [6.07, 6.45) is 4.12. The Hall–Kier alpha value is -1.82. The van der Waals surface area contributed by atoms with E-state index in [1.54, 1.807) is 11.8 Å². The van der Waals surface area contributed by atoms with Gasteiger partial charge in [0.15, 0.2) is 5.79 Å². The molecule has 4 rings (SSSR count). The van der Waals surface area contributed by atoms with Crippen LogP contribution in [-0.4, -0.2) is 38.3 Å². The molecule has 4 nitrogen and oxygen atoms in total. The van der Waals surface area contributed by atoms with Gasteiger partial charge in [-0.1, -0.05) is 43.7 Å². The lowest BCUT2D eigenvalue weighted by molar-refractivity contribution is -0.302. The normalized spacial score (nSPS) is 19.4. The first-order chi connectivity index (χ1) is 14.3. The minimum atomic E-state index is -0.615. The van der Waals surface area contributed by atoms with Gasteiger partial charge in [-0.3, -0.25) is 0 Å². The number of esters is 1. The molecule has 2 aromatic carbocycles. The fourth-order valence-electron chi connectivity index (χ4n) is 4.36. The number of carbonyl (C=O) groups excluding carboxylic acids is 1. The number of thioether (sulfide) groups is 1. The lowest BCUT2D eigenvalue weighted by Crippen LogP contribution is -2.50. The van der Waals surface area contributed by atoms with Crippen LogP contribution in [0.15, 0.2) is 35.2 Å². The highest BCUT2D eigenvalue weighted by molar-refractivity contribution is 7.98. The highest BCUT2D eigenvalue weighted by Crippen LogP contribution is 2.45. The Labute approximate surface area is 183 Å². The number of rotatable bonds is 3. The summed E-state index contributed by atoms with van der Waals surface area (Å²) >= 11 is 1.59. The third-order valence-electron chi connectivity index (χ3n) is 6.14. The van der Waals surface area contributed by atoms with Crippen LogP contribution < -0.4 is 0 Å². The summed E-state index contributed by atoms with van der Waals surface area (Å²) in [5, 5.41) is 0. The van der Waals surface area contributed by atoms with E-state index in [0.29, 0.717) is 25.2 Å². The van der Waals surface area contributed by atoms with Crippen LogP contribution >= 0.6 is 11.8 Å². The zero-order valence-corrected chi connectivity index (χ0v) is 19.3. The van der Waals surface area contributed by atoms with Crippen molar-refractivity contribution < 1.29 is 19.0 Å². The van der Waals surface area contributed by atoms with Crippen LogP contribution in [0.5, 0.6) is 0 Å². The molecule has 0 atom stereocenters. The van der Waals surface area contributed by atoms with E-state index in [-0.39, 0.29) is 11.4 Å². The minimum absolute atomic E-state index is 0.0190. The van der Waals surface area contributed by atoms with Gasteiger partial charge in [0.1, 0.15) is 0 Å².